The van der Waals surface area contributed by atoms with Crippen LogP contribution in [0.5, 0.6) is 0 Å². The third-order valence-corrected chi connectivity index (χ3v) is 4.23. The molecule has 1 radical (unpaired) electrons. The van der Waals surface area contributed by atoms with E-state index < -0.39 is 0 Å². The Morgan fingerprint density at radius 3 is 2.38 bits per heavy atom. The minimum atomic E-state index is 0. The van der Waals surface area contributed by atoms with Gasteiger partial charge in [-0.1, -0.05) is 65.8 Å². The van der Waals surface area contributed by atoms with E-state index in [-0.39, 0.29) is 20.4 Å². The molecule has 4 rings (SSSR count). The van der Waals surface area contributed by atoms with Crippen molar-refractivity contribution in [2.24, 2.45) is 4.99 Å². The molecule has 3 aromatic rings. The van der Waals surface area contributed by atoms with Gasteiger partial charge in [-0.15, -0.1) is 17.2 Å². The van der Waals surface area contributed by atoms with Crippen molar-refractivity contribution in [2.45, 2.75) is 6.54 Å². The van der Waals surface area contributed by atoms with Crippen LogP contribution in [0.15, 0.2) is 71.7 Å². The number of nitrogens with one attached hydrogen (secondary N) is 1. The summed E-state index contributed by atoms with van der Waals surface area (Å²) in [6.07, 6.45) is 0. The Hall–Kier alpha value is -2.21. The molecule has 0 bridgehead atoms. The zero-order valence-corrected chi connectivity index (χ0v) is 16.1. The Balaban J connectivity index is 0.00000169. The van der Waals surface area contributed by atoms with Crippen molar-refractivity contribution in [3.05, 3.63) is 89.5 Å². The van der Waals surface area contributed by atoms with Gasteiger partial charge in [-0.2, -0.15) is 12.1 Å². The summed E-state index contributed by atoms with van der Waals surface area (Å²) >= 11 is 0. The SMILES string of the molecule is CNc1c[c-]c2c(c1)-c1ccccc1C(c1ccccc1)=NC2.[Re]. The van der Waals surface area contributed by atoms with Gasteiger partial charge in [-0.3, -0.25) is 4.99 Å². The monoisotopic (exact) mass is 484 g/mol. The van der Waals surface area contributed by atoms with Crippen molar-refractivity contribution >= 4 is 11.4 Å². The van der Waals surface area contributed by atoms with Gasteiger partial charge in [0.05, 0.1) is 5.71 Å². The maximum atomic E-state index is 4.90. The van der Waals surface area contributed by atoms with Gasteiger partial charge in [0.2, 0.25) is 0 Å². The zero-order chi connectivity index (χ0) is 15.6. The van der Waals surface area contributed by atoms with Crippen LogP contribution < -0.4 is 5.32 Å². The Labute approximate surface area is 156 Å². The predicted molar refractivity (Wildman–Crippen MR) is 96.0 cm³/mol. The molecule has 0 atom stereocenters. The van der Waals surface area contributed by atoms with E-state index in [4.69, 9.17) is 4.99 Å². The van der Waals surface area contributed by atoms with Gasteiger partial charge in [0, 0.05) is 32.5 Å². The van der Waals surface area contributed by atoms with Crippen LogP contribution in [0.3, 0.4) is 0 Å². The smallest absolute Gasteiger partial charge is 0.0717 e. The maximum absolute atomic E-state index is 4.90. The summed E-state index contributed by atoms with van der Waals surface area (Å²) in [6.45, 7) is 0.651. The van der Waals surface area contributed by atoms with E-state index in [9.17, 15) is 0 Å². The van der Waals surface area contributed by atoms with E-state index in [1.165, 1.54) is 16.7 Å². The van der Waals surface area contributed by atoms with Crippen molar-refractivity contribution in [3.63, 3.8) is 0 Å². The summed E-state index contributed by atoms with van der Waals surface area (Å²) in [5, 5.41) is 3.20. The first kappa shape index (κ1) is 16.6. The molecule has 1 aliphatic rings. The second kappa shape index (κ2) is 7.13. The average Bonchev–Trinajstić information content (AvgIpc) is 2.79. The number of anilines is 1. The standard InChI is InChI=1S/C21H17N2.Re/c1-22-17-12-11-16-14-23-21(15-7-3-2-4-8-15)19-10-6-5-9-18(19)20(16)13-17;/h2-10,12-13,22H,14H2,1H3;/q-1;. The Bertz CT molecular complexity index is 885. The second-order valence-electron chi connectivity index (χ2n) is 5.61. The average molecular weight is 484 g/mol. The molecule has 0 fully saturated rings. The van der Waals surface area contributed by atoms with E-state index in [0.717, 1.165) is 22.5 Å². The molecule has 1 aliphatic heterocycles. The third-order valence-electron chi connectivity index (χ3n) is 4.23. The summed E-state index contributed by atoms with van der Waals surface area (Å²) in [5.74, 6) is 0. The minimum Gasteiger partial charge on any atom is -0.439 e. The number of benzene rings is 3. The summed E-state index contributed by atoms with van der Waals surface area (Å²) in [5.41, 5.74) is 8.03. The Morgan fingerprint density at radius 1 is 0.917 bits per heavy atom. The van der Waals surface area contributed by atoms with Crippen LogP contribution in [-0.2, 0) is 27.0 Å². The molecule has 0 amide bonds. The molecule has 0 spiro atoms. The normalized spacial score (nSPS) is 12.1. The summed E-state index contributed by atoms with van der Waals surface area (Å²) in [4.78, 5) is 4.90. The first-order chi connectivity index (χ1) is 11.4. The molecule has 0 aromatic heterocycles. The van der Waals surface area contributed by atoms with E-state index >= 15 is 0 Å². The largest absolute Gasteiger partial charge is 0.439 e. The van der Waals surface area contributed by atoms with Gasteiger partial charge in [-0.25, -0.2) is 0 Å². The van der Waals surface area contributed by atoms with Crippen LogP contribution >= 0.6 is 0 Å². The molecule has 0 saturated heterocycles. The van der Waals surface area contributed by atoms with Gasteiger partial charge < -0.3 is 5.32 Å². The minimum absolute atomic E-state index is 0. The quantitative estimate of drug-likeness (QED) is 0.532. The molecule has 3 heteroatoms. The van der Waals surface area contributed by atoms with Gasteiger partial charge in [0.1, 0.15) is 0 Å². The number of hydrogen-bond donors (Lipinski definition) is 1. The Kier molecular flexibility index (Phi) is 4.95. The molecule has 3 aromatic carbocycles. The zero-order valence-electron chi connectivity index (χ0n) is 13.4. The number of hydrogen-bond acceptors (Lipinski definition) is 2. The van der Waals surface area contributed by atoms with E-state index in [1.807, 2.05) is 19.2 Å². The van der Waals surface area contributed by atoms with Crippen LogP contribution in [-0.4, -0.2) is 12.8 Å². The van der Waals surface area contributed by atoms with Crippen LogP contribution in [0.4, 0.5) is 5.69 Å². The fourth-order valence-electron chi connectivity index (χ4n) is 3.05. The van der Waals surface area contributed by atoms with E-state index in [1.54, 1.807) is 0 Å². The number of aliphatic imine (C=N–C) groups is 1. The van der Waals surface area contributed by atoms with Crippen LogP contribution in [0.1, 0.15) is 16.7 Å². The fourth-order valence-corrected chi connectivity index (χ4v) is 3.05. The molecule has 119 valence electrons. The molecule has 24 heavy (non-hydrogen) atoms. The predicted octanol–water partition coefficient (Wildman–Crippen LogP) is 4.54. The molecular weight excluding hydrogens is 466 g/mol. The van der Waals surface area contributed by atoms with Gasteiger partial charge >= 0.3 is 0 Å². The molecule has 2 nitrogen and oxygen atoms in total. The molecule has 0 aliphatic carbocycles. The van der Waals surface area contributed by atoms with Crippen molar-refractivity contribution in [2.75, 3.05) is 12.4 Å². The molecule has 1 heterocycles. The van der Waals surface area contributed by atoms with E-state index in [2.05, 4.69) is 66.0 Å². The number of fused-ring (bicyclic) bond motifs is 3. The van der Waals surface area contributed by atoms with Crippen molar-refractivity contribution in [1.82, 2.24) is 0 Å². The third kappa shape index (κ3) is 2.94. The van der Waals surface area contributed by atoms with Crippen LogP contribution in [0.2, 0.25) is 0 Å². The topological polar surface area (TPSA) is 24.4 Å². The Morgan fingerprint density at radius 2 is 1.62 bits per heavy atom. The fraction of sp³-hybridized carbons (Fsp3) is 0.0952. The first-order valence-corrected chi connectivity index (χ1v) is 7.79. The van der Waals surface area contributed by atoms with Gasteiger partial charge in [0.25, 0.3) is 0 Å². The number of rotatable bonds is 2. The van der Waals surface area contributed by atoms with E-state index in [0.29, 0.717) is 6.54 Å². The van der Waals surface area contributed by atoms with Crippen LogP contribution in [0, 0.1) is 6.07 Å². The van der Waals surface area contributed by atoms with Crippen molar-refractivity contribution in [3.8, 4) is 11.1 Å². The van der Waals surface area contributed by atoms with Gasteiger partial charge in [0.15, 0.2) is 0 Å². The summed E-state index contributed by atoms with van der Waals surface area (Å²) in [7, 11) is 1.93. The molecular formula is C21H17N2Re-. The second-order valence-corrected chi connectivity index (χ2v) is 5.61. The molecule has 1 N–H and O–H groups in total. The molecule has 0 saturated carbocycles. The van der Waals surface area contributed by atoms with Gasteiger partial charge in [-0.05, 0) is 12.6 Å². The van der Waals surface area contributed by atoms with Crippen LogP contribution in [0.25, 0.3) is 11.1 Å². The molecule has 0 unspecified atom stereocenters. The van der Waals surface area contributed by atoms with Crippen molar-refractivity contribution in [1.29, 1.82) is 0 Å². The summed E-state index contributed by atoms with van der Waals surface area (Å²) in [6, 6.07) is 26.5. The van der Waals surface area contributed by atoms with Crippen molar-refractivity contribution < 1.29 is 20.4 Å². The first-order valence-electron chi connectivity index (χ1n) is 7.79. The number of nitrogens with zero attached hydrogens (tertiary/aromatic N) is 1. The summed E-state index contributed by atoms with van der Waals surface area (Å²) < 4.78 is 0. The maximum Gasteiger partial charge on any atom is 0.0717 e.